The molecule has 0 unspecified atom stereocenters. The van der Waals surface area contributed by atoms with Crippen molar-refractivity contribution < 1.29 is 18.3 Å². The molecule has 6 nitrogen and oxygen atoms in total. The van der Waals surface area contributed by atoms with Gasteiger partial charge in [-0.2, -0.15) is 4.31 Å². The summed E-state index contributed by atoms with van der Waals surface area (Å²) in [5, 5.41) is 8.81. The van der Waals surface area contributed by atoms with Crippen LogP contribution in [0.4, 0.5) is 5.69 Å². The summed E-state index contributed by atoms with van der Waals surface area (Å²) >= 11 is 0. The number of aliphatic hydroxyl groups excluding tert-OH is 1. The number of nitrogens with two attached hydrogens (primary N) is 1. The third-order valence-electron chi connectivity index (χ3n) is 2.56. The molecule has 0 aliphatic heterocycles. The van der Waals surface area contributed by atoms with Crippen LogP contribution < -0.4 is 10.5 Å². The number of likely N-dealkylation sites (N-methyl/N-ethyl adjacent to an activating group) is 1. The molecule has 0 amide bonds. The summed E-state index contributed by atoms with van der Waals surface area (Å²) in [6.07, 6.45) is 0. The Balaban J connectivity index is 2.51. The molecule has 0 aromatic heterocycles. The molecular formula is C12H20N2O4S. The molecular weight excluding hydrogens is 268 g/mol. The topological polar surface area (TPSA) is 92.9 Å². The minimum absolute atomic E-state index is 0.0493. The average molecular weight is 288 g/mol. The fourth-order valence-electron chi connectivity index (χ4n) is 1.60. The van der Waals surface area contributed by atoms with Gasteiger partial charge in [0, 0.05) is 24.8 Å². The lowest BCUT2D eigenvalue weighted by Gasteiger charge is -2.19. The molecule has 0 spiro atoms. The summed E-state index contributed by atoms with van der Waals surface area (Å²) in [6, 6.07) is 6.82. The van der Waals surface area contributed by atoms with Crippen molar-refractivity contribution in [3.8, 4) is 5.75 Å². The molecule has 19 heavy (non-hydrogen) atoms. The molecule has 1 aromatic rings. The van der Waals surface area contributed by atoms with Crippen LogP contribution in [0.5, 0.6) is 5.75 Å². The summed E-state index contributed by atoms with van der Waals surface area (Å²) in [4.78, 5) is 0. The average Bonchev–Trinajstić information content (AvgIpc) is 2.35. The van der Waals surface area contributed by atoms with Crippen molar-refractivity contribution >= 4 is 15.7 Å². The van der Waals surface area contributed by atoms with Gasteiger partial charge >= 0.3 is 0 Å². The summed E-state index contributed by atoms with van der Waals surface area (Å²) in [5.74, 6) is 0.413. The second-order valence-electron chi connectivity index (χ2n) is 3.95. The van der Waals surface area contributed by atoms with Gasteiger partial charge in [0.05, 0.1) is 12.4 Å². The van der Waals surface area contributed by atoms with Crippen LogP contribution in [-0.2, 0) is 10.0 Å². The van der Waals surface area contributed by atoms with Crippen molar-refractivity contribution in [2.24, 2.45) is 0 Å². The van der Waals surface area contributed by atoms with Crippen LogP contribution in [0.25, 0.3) is 0 Å². The number of rotatable bonds is 8. The maximum absolute atomic E-state index is 11.9. The van der Waals surface area contributed by atoms with E-state index in [4.69, 9.17) is 15.6 Å². The fraction of sp³-hybridized carbons (Fsp3) is 0.500. The number of benzene rings is 1. The Kier molecular flexibility index (Phi) is 6.07. The Bertz CT molecular complexity index is 490. The normalized spacial score (nSPS) is 11.7. The highest BCUT2D eigenvalue weighted by molar-refractivity contribution is 7.89. The first kappa shape index (κ1) is 15.7. The molecule has 0 saturated carbocycles. The highest BCUT2D eigenvalue weighted by Crippen LogP contribution is 2.14. The maximum atomic E-state index is 11.9. The van der Waals surface area contributed by atoms with Crippen molar-refractivity contribution in [1.82, 2.24) is 4.31 Å². The van der Waals surface area contributed by atoms with Crippen molar-refractivity contribution in [2.75, 3.05) is 37.8 Å². The molecule has 0 fully saturated rings. The summed E-state index contributed by atoms with van der Waals surface area (Å²) in [5.41, 5.74) is 6.16. The van der Waals surface area contributed by atoms with Crippen LogP contribution in [0.1, 0.15) is 6.92 Å². The van der Waals surface area contributed by atoms with E-state index in [1.165, 1.54) is 4.31 Å². The zero-order valence-electron chi connectivity index (χ0n) is 10.9. The van der Waals surface area contributed by atoms with Crippen LogP contribution in [0.2, 0.25) is 0 Å². The summed E-state index contributed by atoms with van der Waals surface area (Å²) in [7, 11) is -3.40. The Morgan fingerprint density at radius 2 is 2.16 bits per heavy atom. The molecule has 3 N–H and O–H groups in total. The second-order valence-corrected chi connectivity index (χ2v) is 6.04. The van der Waals surface area contributed by atoms with Gasteiger partial charge in [-0.1, -0.05) is 13.0 Å². The molecule has 1 aromatic carbocycles. The number of nitrogens with zero attached hydrogens (tertiary/aromatic N) is 1. The van der Waals surface area contributed by atoms with Gasteiger partial charge in [-0.05, 0) is 12.1 Å². The lowest BCUT2D eigenvalue weighted by Crippen LogP contribution is -2.36. The predicted molar refractivity (Wildman–Crippen MR) is 74.5 cm³/mol. The lowest BCUT2D eigenvalue weighted by molar-refractivity contribution is 0.255. The number of nitrogen functional groups attached to an aromatic ring is 1. The quantitative estimate of drug-likeness (QED) is 0.671. The van der Waals surface area contributed by atoms with E-state index in [0.29, 0.717) is 18.0 Å². The Morgan fingerprint density at radius 3 is 2.74 bits per heavy atom. The van der Waals surface area contributed by atoms with Crippen LogP contribution >= 0.6 is 0 Å². The van der Waals surface area contributed by atoms with Crippen LogP contribution in [0.3, 0.4) is 0 Å². The van der Waals surface area contributed by atoms with E-state index in [-0.39, 0.29) is 25.5 Å². The highest BCUT2D eigenvalue weighted by Gasteiger charge is 2.19. The number of hydrogen-bond acceptors (Lipinski definition) is 5. The van der Waals surface area contributed by atoms with E-state index in [1.54, 1.807) is 31.2 Å². The molecule has 0 aliphatic rings. The number of anilines is 1. The van der Waals surface area contributed by atoms with E-state index >= 15 is 0 Å². The number of ether oxygens (including phenoxy) is 1. The van der Waals surface area contributed by atoms with Crippen LogP contribution in [-0.4, -0.2) is 49.9 Å². The van der Waals surface area contributed by atoms with Crippen molar-refractivity contribution in [3.63, 3.8) is 0 Å². The van der Waals surface area contributed by atoms with Gasteiger partial charge in [0.15, 0.2) is 0 Å². The second kappa shape index (κ2) is 7.32. The molecule has 1 rings (SSSR count). The summed E-state index contributed by atoms with van der Waals surface area (Å²) in [6.45, 7) is 2.03. The Hall–Kier alpha value is -1.31. The standard InChI is InChI=1S/C12H20N2O4S/c1-2-14(6-7-15)19(16,17)9-8-18-12-5-3-4-11(13)10-12/h3-5,10,15H,2,6-9,13H2,1H3. The first-order valence-corrected chi connectivity index (χ1v) is 7.67. The van der Waals surface area contributed by atoms with Gasteiger partial charge in [0.25, 0.3) is 0 Å². The molecule has 0 saturated heterocycles. The minimum atomic E-state index is -3.40. The number of hydrogen-bond donors (Lipinski definition) is 2. The van der Waals surface area contributed by atoms with E-state index in [2.05, 4.69) is 0 Å². The number of sulfonamides is 1. The van der Waals surface area contributed by atoms with E-state index in [9.17, 15) is 8.42 Å². The van der Waals surface area contributed by atoms with Crippen molar-refractivity contribution in [2.45, 2.75) is 6.92 Å². The fourth-order valence-corrected chi connectivity index (χ4v) is 2.91. The molecule has 0 aliphatic carbocycles. The predicted octanol–water partition coefficient (Wildman–Crippen LogP) is 0.292. The first-order chi connectivity index (χ1) is 8.99. The number of aliphatic hydroxyl groups is 1. The van der Waals surface area contributed by atoms with Gasteiger partial charge in [-0.25, -0.2) is 8.42 Å². The molecule has 0 heterocycles. The molecule has 108 valence electrons. The molecule has 0 atom stereocenters. The SMILES string of the molecule is CCN(CCO)S(=O)(=O)CCOc1cccc(N)c1. The summed E-state index contributed by atoms with van der Waals surface area (Å²) < 4.78 is 30.4. The first-order valence-electron chi connectivity index (χ1n) is 6.06. The Labute approximate surface area is 113 Å². The maximum Gasteiger partial charge on any atom is 0.217 e. The van der Waals surface area contributed by atoms with Gasteiger partial charge in [-0.3, -0.25) is 0 Å². The third kappa shape index (κ3) is 5.06. The highest BCUT2D eigenvalue weighted by atomic mass is 32.2. The zero-order chi connectivity index (χ0) is 14.3. The van der Waals surface area contributed by atoms with E-state index < -0.39 is 10.0 Å². The smallest absolute Gasteiger partial charge is 0.217 e. The van der Waals surface area contributed by atoms with Gasteiger partial charge in [0.2, 0.25) is 10.0 Å². The molecule has 7 heteroatoms. The monoisotopic (exact) mass is 288 g/mol. The van der Waals surface area contributed by atoms with Crippen LogP contribution in [0, 0.1) is 0 Å². The molecule has 0 radical (unpaired) electrons. The van der Waals surface area contributed by atoms with E-state index in [0.717, 1.165) is 0 Å². The van der Waals surface area contributed by atoms with Gasteiger partial charge in [0.1, 0.15) is 12.4 Å². The third-order valence-corrected chi connectivity index (χ3v) is 4.47. The van der Waals surface area contributed by atoms with E-state index in [1.807, 2.05) is 0 Å². The van der Waals surface area contributed by atoms with Gasteiger partial charge < -0.3 is 15.6 Å². The van der Waals surface area contributed by atoms with Crippen LogP contribution in [0.15, 0.2) is 24.3 Å². The Morgan fingerprint density at radius 1 is 1.42 bits per heavy atom. The minimum Gasteiger partial charge on any atom is -0.492 e. The molecule has 0 bridgehead atoms. The zero-order valence-corrected chi connectivity index (χ0v) is 11.8. The largest absolute Gasteiger partial charge is 0.492 e. The van der Waals surface area contributed by atoms with Gasteiger partial charge in [-0.15, -0.1) is 0 Å². The van der Waals surface area contributed by atoms with Crippen molar-refractivity contribution in [1.29, 1.82) is 0 Å². The lowest BCUT2D eigenvalue weighted by atomic mass is 10.3. The van der Waals surface area contributed by atoms with Crippen molar-refractivity contribution in [3.05, 3.63) is 24.3 Å².